The number of ether oxygens (including phenoxy) is 4. The lowest BCUT2D eigenvalue weighted by atomic mass is 10.1. The minimum absolute atomic E-state index is 0.150. The first-order valence-electron chi connectivity index (χ1n) is 7.40. The molecule has 0 N–H and O–H groups in total. The number of ketones is 1. The molecular formula is C19H19BrO5. The van der Waals surface area contributed by atoms with Crippen LogP contribution < -0.4 is 18.9 Å². The molecule has 0 bridgehead atoms. The molecule has 0 unspecified atom stereocenters. The van der Waals surface area contributed by atoms with E-state index in [1.54, 1.807) is 57.7 Å². The Hall–Kier alpha value is -2.47. The summed E-state index contributed by atoms with van der Waals surface area (Å²) >= 11 is 3.46. The van der Waals surface area contributed by atoms with Gasteiger partial charge in [0.05, 0.1) is 28.4 Å². The molecule has 2 rings (SSSR count). The quantitative estimate of drug-likeness (QED) is 0.504. The highest BCUT2D eigenvalue weighted by Crippen LogP contribution is 2.34. The molecule has 0 heterocycles. The molecule has 0 aliphatic heterocycles. The van der Waals surface area contributed by atoms with Crippen LogP contribution in [0, 0.1) is 0 Å². The van der Waals surface area contributed by atoms with Crippen molar-refractivity contribution in [3.05, 3.63) is 52.0 Å². The Morgan fingerprint density at radius 3 is 2.00 bits per heavy atom. The van der Waals surface area contributed by atoms with Crippen LogP contribution in [0.15, 0.2) is 40.9 Å². The summed E-state index contributed by atoms with van der Waals surface area (Å²) in [6, 6.07) is 8.62. The first kappa shape index (κ1) is 18.9. The van der Waals surface area contributed by atoms with Gasteiger partial charge in [0.1, 0.15) is 0 Å². The molecule has 25 heavy (non-hydrogen) atoms. The maximum absolute atomic E-state index is 12.4. The van der Waals surface area contributed by atoms with Gasteiger partial charge < -0.3 is 18.9 Å². The zero-order chi connectivity index (χ0) is 18.4. The van der Waals surface area contributed by atoms with Gasteiger partial charge in [-0.05, 0) is 48.0 Å². The number of carbonyl (C=O) groups is 1. The van der Waals surface area contributed by atoms with Gasteiger partial charge in [0.15, 0.2) is 28.8 Å². The molecule has 0 saturated heterocycles. The van der Waals surface area contributed by atoms with Crippen molar-refractivity contribution in [2.75, 3.05) is 28.4 Å². The molecular weight excluding hydrogens is 388 g/mol. The zero-order valence-electron chi connectivity index (χ0n) is 14.5. The van der Waals surface area contributed by atoms with E-state index in [4.69, 9.17) is 18.9 Å². The molecule has 0 aliphatic rings. The number of hydrogen-bond acceptors (Lipinski definition) is 5. The van der Waals surface area contributed by atoms with Crippen LogP contribution in [0.25, 0.3) is 6.08 Å². The molecule has 0 radical (unpaired) electrons. The first-order chi connectivity index (χ1) is 12.0. The van der Waals surface area contributed by atoms with Crippen molar-refractivity contribution in [2.45, 2.75) is 0 Å². The lowest BCUT2D eigenvalue weighted by Crippen LogP contribution is -1.97. The van der Waals surface area contributed by atoms with Crippen LogP contribution >= 0.6 is 15.9 Å². The van der Waals surface area contributed by atoms with Gasteiger partial charge in [-0.15, -0.1) is 0 Å². The Morgan fingerprint density at radius 2 is 1.40 bits per heavy atom. The molecule has 0 atom stereocenters. The number of methoxy groups -OCH3 is 4. The molecule has 0 spiro atoms. The Kier molecular flexibility index (Phi) is 6.47. The van der Waals surface area contributed by atoms with Crippen LogP contribution in [0.5, 0.6) is 23.0 Å². The Balaban J connectivity index is 2.29. The average Bonchev–Trinajstić information content (AvgIpc) is 2.65. The van der Waals surface area contributed by atoms with E-state index in [1.165, 1.54) is 13.2 Å². The summed E-state index contributed by atoms with van der Waals surface area (Å²) < 4.78 is 21.7. The van der Waals surface area contributed by atoms with Crippen LogP contribution in [0.4, 0.5) is 0 Å². The van der Waals surface area contributed by atoms with Crippen molar-refractivity contribution < 1.29 is 23.7 Å². The van der Waals surface area contributed by atoms with Crippen LogP contribution in [-0.4, -0.2) is 34.2 Å². The zero-order valence-corrected chi connectivity index (χ0v) is 16.0. The molecule has 5 nitrogen and oxygen atoms in total. The minimum Gasteiger partial charge on any atom is -0.493 e. The molecule has 2 aromatic carbocycles. The van der Waals surface area contributed by atoms with Crippen molar-refractivity contribution in [1.29, 1.82) is 0 Å². The van der Waals surface area contributed by atoms with Gasteiger partial charge in [0.25, 0.3) is 0 Å². The van der Waals surface area contributed by atoms with Gasteiger partial charge >= 0.3 is 0 Å². The van der Waals surface area contributed by atoms with E-state index in [-0.39, 0.29) is 5.78 Å². The molecule has 0 aliphatic carbocycles. The number of halogens is 1. The van der Waals surface area contributed by atoms with Crippen LogP contribution in [0.2, 0.25) is 0 Å². The SMILES string of the molecule is COc1ccc(C(=O)C=Cc2cc(OC)c(OC)cc2Br)cc1OC. The Bertz CT molecular complexity index is 799. The van der Waals surface area contributed by atoms with E-state index in [2.05, 4.69) is 15.9 Å². The van der Waals surface area contributed by atoms with Gasteiger partial charge in [-0.1, -0.05) is 15.9 Å². The van der Waals surface area contributed by atoms with Crippen molar-refractivity contribution in [3.63, 3.8) is 0 Å². The summed E-state index contributed by atoms with van der Waals surface area (Å²) in [5.74, 6) is 2.13. The van der Waals surface area contributed by atoms with Crippen LogP contribution in [-0.2, 0) is 0 Å². The number of carbonyl (C=O) groups excluding carboxylic acids is 1. The predicted molar refractivity (Wildman–Crippen MR) is 100 cm³/mol. The third-order valence-corrected chi connectivity index (χ3v) is 4.27. The average molecular weight is 407 g/mol. The second-order valence-electron chi connectivity index (χ2n) is 5.00. The van der Waals surface area contributed by atoms with Crippen LogP contribution in [0.3, 0.4) is 0 Å². The van der Waals surface area contributed by atoms with E-state index in [0.717, 1.165) is 10.0 Å². The molecule has 0 fully saturated rings. The van der Waals surface area contributed by atoms with E-state index in [0.29, 0.717) is 28.6 Å². The number of benzene rings is 2. The summed E-state index contributed by atoms with van der Waals surface area (Å²) in [5.41, 5.74) is 1.30. The van der Waals surface area contributed by atoms with Gasteiger partial charge in [0.2, 0.25) is 0 Å². The van der Waals surface area contributed by atoms with Crippen molar-refractivity contribution in [3.8, 4) is 23.0 Å². The second kappa shape index (κ2) is 8.58. The normalized spacial score (nSPS) is 10.6. The predicted octanol–water partition coefficient (Wildman–Crippen LogP) is 4.38. The van der Waals surface area contributed by atoms with Gasteiger partial charge in [-0.2, -0.15) is 0 Å². The summed E-state index contributed by atoms with van der Waals surface area (Å²) in [6.07, 6.45) is 3.21. The highest BCUT2D eigenvalue weighted by Gasteiger charge is 2.10. The van der Waals surface area contributed by atoms with Gasteiger partial charge in [-0.25, -0.2) is 0 Å². The third kappa shape index (κ3) is 4.33. The molecule has 0 amide bonds. The number of hydrogen-bond donors (Lipinski definition) is 0. The fraction of sp³-hybridized carbons (Fsp3) is 0.211. The molecule has 6 heteroatoms. The number of allylic oxidation sites excluding steroid dienone is 1. The summed E-state index contributed by atoms with van der Waals surface area (Å²) in [7, 11) is 6.21. The third-order valence-electron chi connectivity index (χ3n) is 3.59. The molecule has 0 aromatic heterocycles. The summed E-state index contributed by atoms with van der Waals surface area (Å²) in [5, 5.41) is 0. The fourth-order valence-electron chi connectivity index (χ4n) is 2.25. The van der Waals surface area contributed by atoms with Crippen molar-refractivity contribution in [2.24, 2.45) is 0 Å². The molecule has 0 saturated carbocycles. The maximum atomic E-state index is 12.4. The first-order valence-corrected chi connectivity index (χ1v) is 8.19. The van der Waals surface area contributed by atoms with E-state index < -0.39 is 0 Å². The minimum atomic E-state index is -0.150. The lowest BCUT2D eigenvalue weighted by Gasteiger charge is -2.10. The lowest BCUT2D eigenvalue weighted by molar-refractivity contribution is 0.104. The summed E-state index contributed by atoms with van der Waals surface area (Å²) in [6.45, 7) is 0. The van der Waals surface area contributed by atoms with E-state index >= 15 is 0 Å². The van der Waals surface area contributed by atoms with Gasteiger partial charge in [-0.3, -0.25) is 4.79 Å². The smallest absolute Gasteiger partial charge is 0.185 e. The number of rotatable bonds is 7. The van der Waals surface area contributed by atoms with Crippen molar-refractivity contribution >= 4 is 27.8 Å². The fourth-order valence-corrected chi connectivity index (χ4v) is 2.70. The van der Waals surface area contributed by atoms with Crippen LogP contribution in [0.1, 0.15) is 15.9 Å². The molecule has 2 aromatic rings. The topological polar surface area (TPSA) is 54.0 Å². The second-order valence-corrected chi connectivity index (χ2v) is 5.85. The summed E-state index contributed by atoms with van der Waals surface area (Å²) in [4.78, 5) is 12.4. The monoisotopic (exact) mass is 406 g/mol. The Morgan fingerprint density at radius 1 is 0.840 bits per heavy atom. The Labute approximate surface area is 155 Å². The van der Waals surface area contributed by atoms with Gasteiger partial charge in [0, 0.05) is 10.0 Å². The van der Waals surface area contributed by atoms with E-state index in [1.807, 2.05) is 0 Å². The largest absolute Gasteiger partial charge is 0.493 e. The highest BCUT2D eigenvalue weighted by atomic mass is 79.9. The van der Waals surface area contributed by atoms with Crippen molar-refractivity contribution in [1.82, 2.24) is 0 Å². The standard InChI is InChI=1S/C19H19BrO5/c1-22-16-8-6-13(10-17(16)23-2)15(21)7-5-12-9-18(24-3)19(25-4)11-14(12)20/h5-11H,1-4H3. The maximum Gasteiger partial charge on any atom is 0.185 e. The van der Waals surface area contributed by atoms with E-state index in [9.17, 15) is 4.79 Å². The highest BCUT2D eigenvalue weighted by molar-refractivity contribution is 9.10. The molecule has 132 valence electrons.